The summed E-state index contributed by atoms with van der Waals surface area (Å²) in [5.74, 6) is -0.822. The SMILES string of the molecule is CC(C)(CN)CCCCS(=O)c1cc(F)ccc1F. The zero-order valence-corrected chi connectivity index (χ0v) is 12.2. The molecule has 1 rings (SSSR count). The summed E-state index contributed by atoms with van der Waals surface area (Å²) in [5, 5.41) is 0. The average molecular weight is 289 g/mol. The van der Waals surface area contributed by atoms with Gasteiger partial charge in [-0.1, -0.05) is 20.3 Å². The molecule has 0 aliphatic heterocycles. The van der Waals surface area contributed by atoms with E-state index in [1.54, 1.807) is 0 Å². The van der Waals surface area contributed by atoms with Crippen molar-refractivity contribution in [1.82, 2.24) is 0 Å². The van der Waals surface area contributed by atoms with Gasteiger partial charge in [0.2, 0.25) is 0 Å². The van der Waals surface area contributed by atoms with Gasteiger partial charge < -0.3 is 5.73 Å². The fourth-order valence-electron chi connectivity index (χ4n) is 1.70. The first-order chi connectivity index (χ1) is 8.85. The van der Waals surface area contributed by atoms with Gasteiger partial charge in [0, 0.05) is 5.75 Å². The Bertz CT molecular complexity index is 449. The number of halogens is 2. The molecule has 1 aromatic carbocycles. The molecule has 0 aliphatic carbocycles. The topological polar surface area (TPSA) is 43.1 Å². The van der Waals surface area contributed by atoms with Crippen LogP contribution >= 0.6 is 0 Å². The Labute approximate surface area is 115 Å². The number of rotatable bonds is 7. The van der Waals surface area contributed by atoms with Crippen molar-refractivity contribution in [3.63, 3.8) is 0 Å². The van der Waals surface area contributed by atoms with Crippen LogP contribution in [0.2, 0.25) is 0 Å². The Morgan fingerprint density at radius 1 is 1.26 bits per heavy atom. The van der Waals surface area contributed by atoms with E-state index < -0.39 is 22.4 Å². The second kappa shape index (κ2) is 7.10. The van der Waals surface area contributed by atoms with Crippen LogP contribution in [-0.2, 0) is 10.8 Å². The van der Waals surface area contributed by atoms with Crippen LogP contribution in [0.25, 0.3) is 0 Å². The highest BCUT2D eigenvalue weighted by Gasteiger charge is 2.16. The van der Waals surface area contributed by atoms with Crippen molar-refractivity contribution in [2.24, 2.45) is 11.1 Å². The van der Waals surface area contributed by atoms with Gasteiger partial charge in [-0.2, -0.15) is 0 Å². The van der Waals surface area contributed by atoms with Crippen LogP contribution in [0.3, 0.4) is 0 Å². The maximum atomic E-state index is 13.4. The Kier molecular flexibility index (Phi) is 6.07. The van der Waals surface area contributed by atoms with Gasteiger partial charge >= 0.3 is 0 Å². The normalized spacial score (nSPS) is 13.5. The van der Waals surface area contributed by atoms with E-state index >= 15 is 0 Å². The van der Waals surface area contributed by atoms with Crippen molar-refractivity contribution in [3.8, 4) is 0 Å². The fourth-order valence-corrected chi connectivity index (χ4v) is 2.92. The molecule has 108 valence electrons. The molecule has 1 atom stereocenters. The Morgan fingerprint density at radius 2 is 1.95 bits per heavy atom. The molecule has 0 bridgehead atoms. The van der Waals surface area contributed by atoms with Gasteiger partial charge in [0.15, 0.2) is 0 Å². The molecule has 0 aliphatic rings. The van der Waals surface area contributed by atoms with Gasteiger partial charge in [0.25, 0.3) is 0 Å². The van der Waals surface area contributed by atoms with Crippen LogP contribution in [0.4, 0.5) is 8.78 Å². The van der Waals surface area contributed by atoms with Crippen LogP contribution in [0.15, 0.2) is 23.1 Å². The van der Waals surface area contributed by atoms with E-state index in [-0.39, 0.29) is 10.3 Å². The van der Waals surface area contributed by atoms with Crippen molar-refractivity contribution >= 4 is 10.8 Å². The molecular formula is C14H21F2NOS. The molecule has 0 amide bonds. The predicted molar refractivity (Wildman–Crippen MR) is 74.3 cm³/mol. The summed E-state index contributed by atoms with van der Waals surface area (Å²) in [6.45, 7) is 4.76. The Balaban J connectivity index is 2.46. The van der Waals surface area contributed by atoms with E-state index in [4.69, 9.17) is 5.73 Å². The number of benzene rings is 1. The monoisotopic (exact) mass is 289 g/mol. The quantitative estimate of drug-likeness (QED) is 0.783. The van der Waals surface area contributed by atoms with Crippen molar-refractivity contribution in [1.29, 1.82) is 0 Å². The summed E-state index contributed by atoms with van der Waals surface area (Å²) in [7, 11) is -1.48. The lowest BCUT2D eigenvalue weighted by molar-refractivity contribution is 0.336. The standard InChI is InChI=1S/C14H21F2NOS/c1-14(2,10-17)7-3-4-8-19(18)13-9-11(15)5-6-12(13)16/h5-6,9H,3-4,7-8,10,17H2,1-2H3. The first-order valence-electron chi connectivity index (χ1n) is 6.39. The van der Waals surface area contributed by atoms with Crippen molar-refractivity contribution in [2.45, 2.75) is 38.0 Å². The number of hydrogen-bond donors (Lipinski definition) is 1. The Hall–Kier alpha value is -0.810. The first-order valence-corrected chi connectivity index (χ1v) is 7.71. The lowest BCUT2D eigenvalue weighted by Crippen LogP contribution is -2.23. The Morgan fingerprint density at radius 3 is 2.58 bits per heavy atom. The molecule has 1 aromatic rings. The highest BCUT2D eigenvalue weighted by atomic mass is 32.2. The lowest BCUT2D eigenvalue weighted by Gasteiger charge is -2.21. The van der Waals surface area contributed by atoms with E-state index in [9.17, 15) is 13.0 Å². The summed E-state index contributed by atoms with van der Waals surface area (Å²) in [6.07, 6.45) is 2.53. The minimum atomic E-state index is -1.48. The molecule has 0 heterocycles. The highest BCUT2D eigenvalue weighted by Crippen LogP contribution is 2.22. The zero-order valence-electron chi connectivity index (χ0n) is 11.4. The third kappa shape index (κ3) is 5.37. The zero-order chi connectivity index (χ0) is 14.5. The molecule has 2 N–H and O–H groups in total. The minimum Gasteiger partial charge on any atom is -0.330 e. The van der Waals surface area contributed by atoms with E-state index in [1.807, 2.05) is 0 Å². The lowest BCUT2D eigenvalue weighted by atomic mass is 9.88. The maximum Gasteiger partial charge on any atom is 0.139 e. The van der Waals surface area contributed by atoms with Crippen LogP contribution < -0.4 is 5.73 Å². The molecule has 0 saturated heterocycles. The average Bonchev–Trinajstić information content (AvgIpc) is 2.37. The van der Waals surface area contributed by atoms with Gasteiger partial charge in [-0.25, -0.2) is 8.78 Å². The van der Waals surface area contributed by atoms with E-state index in [0.29, 0.717) is 18.7 Å². The van der Waals surface area contributed by atoms with Crippen molar-refractivity contribution in [3.05, 3.63) is 29.8 Å². The van der Waals surface area contributed by atoms with Crippen LogP contribution in [0.1, 0.15) is 33.1 Å². The van der Waals surface area contributed by atoms with Gasteiger partial charge in [-0.05, 0) is 43.0 Å². The number of hydrogen-bond acceptors (Lipinski definition) is 2. The van der Waals surface area contributed by atoms with Gasteiger partial charge in [0.05, 0.1) is 15.7 Å². The predicted octanol–water partition coefficient (Wildman–Crippen LogP) is 3.23. The number of unbranched alkanes of at least 4 members (excludes halogenated alkanes) is 1. The second-order valence-electron chi connectivity index (χ2n) is 5.45. The van der Waals surface area contributed by atoms with Gasteiger partial charge in [-0.3, -0.25) is 4.21 Å². The van der Waals surface area contributed by atoms with E-state index in [0.717, 1.165) is 31.0 Å². The fraction of sp³-hybridized carbons (Fsp3) is 0.571. The van der Waals surface area contributed by atoms with Crippen molar-refractivity contribution < 1.29 is 13.0 Å². The first kappa shape index (κ1) is 16.2. The summed E-state index contributed by atoms with van der Waals surface area (Å²) >= 11 is 0. The molecule has 5 heteroatoms. The second-order valence-corrected chi connectivity index (χ2v) is 6.99. The van der Waals surface area contributed by atoms with Crippen LogP contribution in [-0.4, -0.2) is 16.5 Å². The van der Waals surface area contributed by atoms with Crippen LogP contribution in [0.5, 0.6) is 0 Å². The van der Waals surface area contributed by atoms with E-state index in [1.165, 1.54) is 0 Å². The molecule has 0 saturated carbocycles. The highest BCUT2D eigenvalue weighted by molar-refractivity contribution is 7.85. The molecule has 0 fully saturated rings. The third-order valence-electron chi connectivity index (χ3n) is 3.12. The van der Waals surface area contributed by atoms with E-state index in [2.05, 4.69) is 13.8 Å². The summed E-state index contributed by atoms with van der Waals surface area (Å²) in [4.78, 5) is -0.0434. The molecule has 0 aromatic heterocycles. The third-order valence-corrected chi connectivity index (χ3v) is 4.59. The summed E-state index contributed by atoms with van der Waals surface area (Å²) in [5.41, 5.74) is 5.70. The number of nitrogens with two attached hydrogens (primary N) is 1. The molecule has 2 nitrogen and oxygen atoms in total. The van der Waals surface area contributed by atoms with Gasteiger partial charge in [-0.15, -0.1) is 0 Å². The molecular weight excluding hydrogens is 268 g/mol. The minimum absolute atomic E-state index is 0.0434. The largest absolute Gasteiger partial charge is 0.330 e. The van der Waals surface area contributed by atoms with Crippen LogP contribution in [0, 0.1) is 17.0 Å². The molecule has 19 heavy (non-hydrogen) atoms. The molecule has 0 radical (unpaired) electrons. The molecule has 0 spiro atoms. The molecule has 1 unspecified atom stereocenters. The summed E-state index contributed by atoms with van der Waals surface area (Å²) in [6, 6.07) is 3.05. The van der Waals surface area contributed by atoms with Crippen molar-refractivity contribution in [2.75, 3.05) is 12.3 Å². The maximum absolute atomic E-state index is 13.4. The van der Waals surface area contributed by atoms with Gasteiger partial charge in [0.1, 0.15) is 11.6 Å². The smallest absolute Gasteiger partial charge is 0.139 e. The summed E-state index contributed by atoms with van der Waals surface area (Å²) < 4.78 is 38.3.